The molecule has 5 rings (SSSR count). The second kappa shape index (κ2) is 6.37. The highest BCUT2D eigenvalue weighted by Crippen LogP contribution is 2.70. The molecule has 4 aliphatic carbocycles. The van der Waals surface area contributed by atoms with Crippen LogP contribution in [0.3, 0.4) is 0 Å². The first-order valence-corrected chi connectivity index (χ1v) is 12.0. The van der Waals surface area contributed by atoms with Gasteiger partial charge in [-0.15, -0.1) is 11.6 Å². The van der Waals surface area contributed by atoms with E-state index < -0.39 is 4.87 Å². The van der Waals surface area contributed by atoms with E-state index in [2.05, 4.69) is 13.8 Å². The fraction of sp³-hybridized carbons (Fsp3) is 0.917. The molecule has 1 aliphatic heterocycles. The number of hydrogen-bond donors (Lipinski definition) is 0. The van der Waals surface area contributed by atoms with Gasteiger partial charge in [-0.05, 0) is 92.8 Å². The minimum Gasteiger partial charge on any atom is -0.463 e. The fourth-order valence-electron chi connectivity index (χ4n) is 9.01. The summed E-state index contributed by atoms with van der Waals surface area (Å²) in [5.41, 5.74) is 0.451. The summed E-state index contributed by atoms with van der Waals surface area (Å²) in [5.74, 6) is 2.48. The molecule has 0 spiro atoms. The maximum Gasteiger partial charge on any atom is 0.327 e. The third kappa shape index (κ3) is 2.69. The molecule has 162 valence electrons. The Hall–Kier alpha value is -0.770. The van der Waals surface area contributed by atoms with Crippen LogP contribution in [0.15, 0.2) is 0 Å². The molecule has 5 aliphatic rings. The van der Waals surface area contributed by atoms with Gasteiger partial charge in [-0.1, -0.05) is 13.8 Å². The van der Waals surface area contributed by atoms with Gasteiger partial charge in [-0.2, -0.15) is 0 Å². The summed E-state index contributed by atoms with van der Waals surface area (Å²) in [6.45, 7) is 8.33. The Morgan fingerprint density at radius 2 is 1.76 bits per heavy atom. The molecule has 29 heavy (non-hydrogen) atoms. The Labute approximate surface area is 179 Å². The highest BCUT2D eigenvalue weighted by Gasteiger charge is 2.70. The minimum absolute atomic E-state index is 0.00369. The molecule has 5 heteroatoms. The number of carbonyl (C=O) groups is 2. The minimum atomic E-state index is -0.871. The highest BCUT2D eigenvalue weighted by atomic mass is 35.5. The Balaban J connectivity index is 1.39. The largest absolute Gasteiger partial charge is 0.463 e. The lowest BCUT2D eigenvalue weighted by molar-refractivity contribution is -0.160. The number of alkyl halides is 1. The zero-order chi connectivity index (χ0) is 20.8. The van der Waals surface area contributed by atoms with Crippen molar-refractivity contribution in [3.8, 4) is 0 Å². The van der Waals surface area contributed by atoms with Gasteiger partial charge in [0.1, 0.15) is 17.1 Å². The van der Waals surface area contributed by atoms with E-state index in [1.807, 2.05) is 6.92 Å². The predicted molar refractivity (Wildman–Crippen MR) is 110 cm³/mol. The van der Waals surface area contributed by atoms with Gasteiger partial charge >= 0.3 is 11.9 Å². The van der Waals surface area contributed by atoms with E-state index in [4.69, 9.17) is 21.1 Å². The predicted octanol–water partition coefficient (Wildman–Crippen LogP) is 5.11. The molecule has 0 bridgehead atoms. The maximum absolute atomic E-state index is 12.4. The van der Waals surface area contributed by atoms with E-state index in [1.54, 1.807) is 0 Å². The van der Waals surface area contributed by atoms with E-state index in [-0.39, 0.29) is 35.5 Å². The molecule has 0 unspecified atom stereocenters. The summed E-state index contributed by atoms with van der Waals surface area (Å²) in [6, 6.07) is 0. The molecule has 0 aromatic carbocycles. The lowest BCUT2D eigenvalue weighted by Gasteiger charge is -2.61. The van der Waals surface area contributed by atoms with Crippen LogP contribution in [-0.4, -0.2) is 29.0 Å². The number of esters is 2. The summed E-state index contributed by atoms with van der Waals surface area (Å²) in [7, 11) is 0. The van der Waals surface area contributed by atoms with E-state index in [9.17, 15) is 9.59 Å². The Morgan fingerprint density at radius 1 is 1.03 bits per heavy atom. The molecule has 0 aromatic heterocycles. The first-order valence-electron chi connectivity index (χ1n) is 11.6. The van der Waals surface area contributed by atoms with Crippen molar-refractivity contribution in [3.63, 3.8) is 0 Å². The van der Waals surface area contributed by atoms with Gasteiger partial charge in [-0.3, -0.25) is 9.59 Å². The van der Waals surface area contributed by atoms with Crippen molar-refractivity contribution in [3.05, 3.63) is 0 Å². The van der Waals surface area contributed by atoms with Crippen LogP contribution in [0.25, 0.3) is 0 Å². The third-order valence-electron chi connectivity index (χ3n) is 10.2. The molecule has 1 heterocycles. The van der Waals surface area contributed by atoms with Crippen molar-refractivity contribution in [1.29, 1.82) is 0 Å². The summed E-state index contributed by atoms with van der Waals surface area (Å²) < 4.78 is 11.4. The topological polar surface area (TPSA) is 52.6 Å². The molecule has 0 radical (unpaired) electrons. The lowest BCUT2D eigenvalue weighted by atomic mass is 9.44. The molecular weight excluding hydrogens is 388 g/mol. The summed E-state index contributed by atoms with van der Waals surface area (Å²) in [4.78, 5) is 22.9. The van der Waals surface area contributed by atoms with Crippen LogP contribution in [0.1, 0.15) is 79.1 Å². The standard InChI is InChI=1S/C24H35ClO4/c1-13(26)28-15-7-9-22(2)14(11-15)5-6-16-17(22)8-10-23(3)18(16)12-19-20(23)24(4,25)21(27)29-19/h14-20H,5-12H2,1-4H3/t14-,15+,16-,17+,18+,19+,20+,22+,23+,24+/m1/s1. The number of rotatable bonds is 1. The second-order valence-corrected chi connectivity index (χ2v) is 12.2. The van der Waals surface area contributed by atoms with Crippen molar-refractivity contribution in [2.45, 2.75) is 96.1 Å². The van der Waals surface area contributed by atoms with E-state index in [0.717, 1.165) is 38.0 Å². The number of hydrogen-bond acceptors (Lipinski definition) is 4. The van der Waals surface area contributed by atoms with E-state index >= 15 is 0 Å². The van der Waals surface area contributed by atoms with Crippen LogP contribution < -0.4 is 0 Å². The lowest BCUT2D eigenvalue weighted by Crippen LogP contribution is -2.55. The smallest absolute Gasteiger partial charge is 0.327 e. The van der Waals surface area contributed by atoms with Gasteiger partial charge in [-0.25, -0.2) is 0 Å². The molecule has 10 atom stereocenters. The second-order valence-electron chi connectivity index (χ2n) is 11.4. The highest BCUT2D eigenvalue weighted by molar-refractivity contribution is 6.34. The SMILES string of the molecule is CC(=O)O[C@H]1CC[C@@]2(C)[C@H](CC[C@@H]3[C@@H]2CC[C@@]2(C)[C@H]3C[C@@H]3OC(=O)[C@@](C)(Cl)[C@@H]32)C1. The van der Waals surface area contributed by atoms with Crippen LogP contribution in [0.4, 0.5) is 0 Å². The Morgan fingerprint density at radius 3 is 2.48 bits per heavy atom. The van der Waals surface area contributed by atoms with Crippen molar-refractivity contribution in [2.75, 3.05) is 0 Å². The van der Waals surface area contributed by atoms with Crippen LogP contribution in [0.5, 0.6) is 0 Å². The molecule has 0 amide bonds. The summed E-state index contributed by atoms with van der Waals surface area (Å²) in [5, 5.41) is 0. The zero-order valence-corrected chi connectivity index (χ0v) is 19.0. The monoisotopic (exact) mass is 422 g/mol. The van der Waals surface area contributed by atoms with Crippen LogP contribution >= 0.6 is 11.6 Å². The first-order chi connectivity index (χ1) is 13.6. The average Bonchev–Trinajstić information content (AvgIpc) is 3.05. The van der Waals surface area contributed by atoms with Gasteiger partial charge in [0.15, 0.2) is 0 Å². The van der Waals surface area contributed by atoms with E-state index in [0.29, 0.717) is 23.2 Å². The van der Waals surface area contributed by atoms with Crippen molar-refractivity contribution in [2.24, 2.45) is 40.4 Å². The number of ether oxygens (including phenoxy) is 2. The fourth-order valence-corrected chi connectivity index (χ4v) is 9.45. The molecule has 0 N–H and O–H groups in total. The molecule has 1 saturated heterocycles. The molecule has 4 nitrogen and oxygen atoms in total. The van der Waals surface area contributed by atoms with Gasteiger partial charge in [0.05, 0.1) is 0 Å². The van der Waals surface area contributed by atoms with Gasteiger partial charge in [0, 0.05) is 12.8 Å². The molecular formula is C24H35ClO4. The molecule has 4 saturated carbocycles. The quantitative estimate of drug-likeness (QED) is 0.435. The van der Waals surface area contributed by atoms with E-state index in [1.165, 1.54) is 26.2 Å². The van der Waals surface area contributed by atoms with Crippen LogP contribution in [0, 0.1) is 40.4 Å². The van der Waals surface area contributed by atoms with Gasteiger partial charge in [0.2, 0.25) is 0 Å². The van der Waals surface area contributed by atoms with Gasteiger partial charge < -0.3 is 9.47 Å². The Kier molecular flexibility index (Phi) is 4.43. The van der Waals surface area contributed by atoms with Gasteiger partial charge in [0.25, 0.3) is 0 Å². The van der Waals surface area contributed by atoms with Crippen LogP contribution in [0.2, 0.25) is 0 Å². The third-order valence-corrected chi connectivity index (χ3v) is 10.6. The van der Waals surface area contributed by atoms with Crippen LogP contribution in [-0.2, 0) is 19.1 Å². The normalized spacial score (nSPS) is 55.9. The number of halogens is 1. The van der Waals surface area contributed by atoms with Crippen molar-refractivity contribution in [1.82, 2.24) is 0 Å². The number of carbonyl (C=O) groups excluding carboxylic acids is 2. The zero-order valence-electron chi connectivity index (χ0n) is 18.2. The maximum atomic E-state index is 12.4. The average molecular weight is 423 g/mol. The number of fused-ring (bicyclic) bond motifs is 7. The molecule has 0 aromatic rings. The Bertz CT molecular complexity index is 734. The summed E-state index contributed by atoms with van der Waals surface area (Å²) in [6.07, 6.45) is 9.16. The summed E-state index contributed by atoms with van der Waals surface area (Å²) >= 11 is 6.78. The van der Waals surface area contributed by atoms with Crippen molar-refractivity contribution < 1.29 is 19.1 Å². The first kappa shape index (κ1) is 20.2. The van der Waals surface area contributed by atoms with Crippen molar-refractivity contribution >= 4 is 23.5 Å². The molecule has 5 fully saturated rings.